The Balaban J connectivity index is 2.73. The number of hydrogen-bond acceptors (Lipinski definition) is 3. The minimum Gasteiger partial charge on any atom is -0.300 e. The second-order valence-electron chi connectivity index (χ2n) is 1.73. The number of hydrogen-bond donors (Lipinski definition) is 1. The molecule has 0 aliphatic rings. The van der Waals surface area contributed by atoms with E-state index in [0.29, 0.717) is 5.75 Å². The van der Waals surface area contributed by atoms with Crippen molar-refractivity contribution in [3.8, 4) is 12.3 Å². The highest BCUT2D eigenvalue weighted by atomic mass is 32.2. The van der Waals surface area contributed by atoms with E-state index in [4.69, 9.17) is 6.42 Å². The van der Waals surface area contributed by atoms with Gasteiger partial charge in [-0.1, -0.05) is 17.7 Å². The first kappa shape index (κ1) is 7.89. The third-order valence-electron chi connectivity index (χ3n) is 0.959. The molecule has 1 aromatic rings. The summed E-state index contributed by atoms with van der Waals surface area (Å²) < 4.78 is 0. The molecule has 1 rings (SSSR count). The van der Waals surface area contributed by atoms with Gasteiger partial charge in [-0.2, -0.15) is 0 Å². The van der Waals surface area contributed by atoms with Crippen LogP contribution < -0.4 is 5.69 Å². The number of terminal acetylenes is 1. The molecule has 1 N–H and O–H groups in total. The van der Waals surface area contributed by atoms with Gasteiger partial charge < -0.3 is 4.98 Å². The summed E-state index contributed by atoms with van der Waals surface area (Å²) in [5.74, 6) is 3.01. The molecule has 0 amide bonds. The maximum Gasteiger partial charge on any atom is 0.345 e. The van der Waals surface area contributed by atoms with Crippen LogP contribution in [0.1, 0.15) is 0 Å². The average Bonchev–Trinajstić information content (AvgIpc) is 2.01. The van der Waals surface area contributed by atoms with E-state index in [9.17, 15) is 4.79 Å². The molecule has 11 heavy (non-hydrogen) atoms. The van der Waals surface area contributed by atoms with Gasteiger partial charge in [0.1, 0.15) is 0 Å². The Kier molecular flexibility index (Phi) is 2.75. The molecular formula is C7H6N2OS. The van der Waals surface area contributed by atoms with E-state index >= 15 is 0 Å². The Bertz CT molecular complexity index is 326. The fraction of sp³-hybridized carbons (Fsp3) is 0.143. The minimum atomic E-state index is -0.341. The smallest absolute Gasteiger partial charge is 0.300 e. The van der Waals surface area contributed by atoms with Crippen molar-refractivity contribution in [2.45, 2.75) is 5.03 Å². The molecule has 0 saturated carbocycles. The van der Waals surface area contributed by atoms with Gasteiger partial charge in [0.15, 0.2) is 0 Å². The van der Waals surface area contributed by atoms with Crippen molar-refractivity contribution in [2.75, 3.05) is 5.75 Å². The van der Waals surface area contributed by atoms with Crippen molar-refractivity contribution in [3.63, 3.8) is 0 Å². The van der Waals surface area contributed by atoms with Gasteiger partial charge in [-0.05, 0) is 6.07 Å². The van der Waals surface area contributed by atoms with Gasteiger partial charge in [0.2, 0.25) is 0 Å². The zero-order valence-electron chi connectivity index (χ0n) is 5.70. The van der Waals surface area contributed by atoms with Crippen molar-refractivity contribution in [1.29, 1.82) is 0 Å². The summed E-state index contributed by atoms with van der Waals surface area (Å²) in [6.45, 7) is 0. The number of thioether (sulfide) groups is 1. The molecule has 0 aromatic carbocycles. The Morgan fingerprint density at radius 3 is 3.27 bits per heavy atom. The fourth-order valence-corrected chi connectivity index (χ4v) is 1.11. The van der Waals surface area contributed by atoms with Gasteiger partial charge >= 0.3 is 5.69 Å². The van der Waals surface area contributed by atoms with Crippen LogP contribution in [-0.2, 0) is 0 Å². The monoisotopic (exact) mass is 166 g/mol. The number of aromatic amines is 1. The predicted octanol–water partition coefficient (Wildman–Crippen LogP) is 0.495. The van der Waals surface area contributed by atoms with Gasteiger partial charge in [-0.15, -0.1) is 6.42 Å². The van der Waals surface area contributed by atoms with Gasteiger partial charge in [-0.3, -0.25) is 0 Å². The van der Waals surface area contributed by atoms with Crippen LogP contribution in [0.15, 0.2) is 22.1 Å². The number of H-pyrrole nitrogens is 1. The molecule has 0 bridgehead atoms. The molecule has 1 heterocycles. The summed E-state index contributed by atoms with van der Waals surface area (Å²) in [7, 11) is 0. The van der Waals surface area contributed by atoms with Gasteiger partial charge in [0.05, 0.1) is 10.8 Å². The first-order valence-corrected chi connectivity index (χ1v) is 3.93. The van der Waals surface area contributed by atoms with E-state index < -0.39 is 0 Å². The highest BCUT2D eigenvalue weighted by Gasteiger charge is 1.91. The van der Waals surface area contributed by atoms with Gasteiger partial charge in [0, 0.05) is 6.20 Å². The second kappa shape index (κ2) is 3.84. The van der Waals surface area contributed by atoms with Gasteiger partial charge in [-0.25, -0.2) is 9.78 Å². The zero-order valence-corrected chi connectivity index (χ0v) is 6.52. The molecule has 0 aliphatic heterocycles. The summed E-state index contributed by atoms with van der Waals surface area (Å²) >= 11 is 1.40. The molecule has 56 valence electrons. The minimum absolute atomic E-state index is 0.341. The third kappa shape index (κ3) is 2.48. The summed E-state index contributed by atoms with van der Waals surface area (Å²) in [6.07, 6.45) is 6.49. The molecule has 0 saturated heterocycles. The number of rotatable bonds is 2. The normalized spacial score (nSPS) is 9.00. The highest BCUT2D eigenvalue weighted by Crippen LogP contribution is 2.10. The van der Waals surface area contributed by atoms with E-state index in [1.807, 2.05) is 0 Å². The lowest BCUT2D eigenvalue weighted by molar-refractivity contribution is 0.980. The maximum absolute atomic E-state index is 10.6. The SMILES string of the molecule is C#CCSc1ccnc(=O)[nH]1. The van der Waals surface area contributed by atoms with Crippen LogP contribution in [-0.4, -0.2) is 15.7 Å². The molecule has 1 aromatic heterocycles. The lowest BCUT2D eigenvalue weighted by atomic mass is 10.7. The standard InChI is InChI=1S/C7H6N2OS/c1-2-5-11-6-3-4-8-7(10)9-6/h1,3-4H,5H2,(H,8,9,10). The lowest BCUT2D eigenvalue weighted by Gasteiger charge is -1.93. The van der Waals surface area contributed by atoms with E-state index in [1.165, 1.54) is 18.0 Å². The second-order valence-corrected chi connectivity index (χ2v) is 2.75. The van der Waals surface area contributed by atoms with Crippen LogP contribution in [0.3, 0.4) is 0 Å². The molecule has 0 unspecified atom stereocenters. The van der Waals surface area contributed by atoms with Crippen LogP contribution >= 0.6 is 11.8 Å². The summed E-state index contributed by atoms with van der Waals surface area (Å²) in [6, 6.07) is 1.71. The quantitative estimate of drug-likeness (QED) is 0.395. The Morgan fingerprint density at radius 1 is 1.82 bits per heavy atom. The summed E-state index contributed by atoms with van der Waals surface area (Å²) in [4.78, 5) is 16.6. The van der Waals surface area contributed by atoms with Crippen molar-refractivity contribution < 1.29 is 0 Å². The number of nitrogens with one attached hydrogen (secondary N) is 1. The number of nitrogens with zero attached hydrogens (tertiary/aromatic N) is 1. The molecule has 0 fully saturated rings. The first-order valence-electron chi connectivity index (χ1n) is 2.94. The van der Waals surface area contributed by atoms with Crippen LogP contribution in [0, 0.1) is 12.3 Å². The molecular weight excluding hydrogens is 160 g/mol. The Labute approximate surface area is 68.2 Å². The molecule has 3 nitrogen and oxygen atoms in total. The van der Waals surface area contributed by atoms with Crippen molar-refractivity contribution >= 4 is 11.8 Å². The predicted molar refractivity (Wildman–Crippen MR) is 44.4 cm³/mol. The average molecular weight is 166 g/mol. The number of aromatic nitrogens is 2. The molecule has 4 heteroatoms. The van der Waals surface area contributed by atoms with E-state index in [2.05, 4.69) is 15.9 Å². The lowest BCUT2D eigenvalue weighted by Crippen LogP contribution is -2.08. The van der Waals surface area contributed by atoms with E-state index in [0.717, 1.165) is 5.03 Å². The maximum atomic E-state index is 10.6. The van der Waals surface area contributed by atoms with E-state index in [1.54, 1.807) is 6.07 Å². The first-order chi connectivity index (χ1) is 5.33. The zero-order chi connectivity index (χ0) is 8.10. The van der Waals surface area contributed by atoms with Crippen LogP contribution in [0.2, 0.25) is 0 Å². The summed E-state index contributed by atoms with van der Waals surface area (Å²) in [5, 5.41) is 0.753. The topological polar surface area (TPSA) is 45.8 Å². The van der Waals surface area contributed by atoms with Gasteiger partial charge in [0.25, 0.3) is 0 Å². The van der Waals surface area contributed by atoms with Crippen molar-refractivity contribution in [1.82, 2.24) is 9.97 Å². The highest BCUT2D eigenvalue weighted by molar-refractivity contribution is 7.99. The Hall–Kier alpha value is -1.21. The third-order valence-corrected chi connectivity index (χ3v) is 1.82. The largest absolute Gasteiger partial charge is 0.345 e. The van der Waals surface area contributed by atoms with Crippen LogP contribution in [0.5, 0.6) is 0 Å². The Morgan fingerprint density at radius 2 is 2.64 bits per heavy atom. The molecule has 0 atom stereocenters. The van der Waals surface area contributed by atoms with Crippen LogP contribution in [0.25, 0.3) is 0 Å². The molecule has 0 aliphatic carbocycles. The molecule has 0 radical (unpaired) electrons. The van der Waals surface area contributed by atoms with E-state index in [-0.39, 0.29) is 5.69 Å². The molecule has 0 spiro atoms. The fourth-order valence-electron chi connectivity index (χ4n) is 0.556. The summed E-state index contributed by atoms with van der Waals surface area (Å²) in [5.41, 5.74) is -0.341. The van der Waals surface area contributed by atoms with Crippen molar-refractivity contribution in [2.24, 2.45) is 0 Å². The van der Waals surface area contributed by atoms with Crippen LogP contribution in [0.4, 0.5) is 0 Å². The van der Waals surface area contributed by atoms with Crippen molar-refractivity contribution in [3.05, 3.63) is 22.7 Å².